The molecule has 2 aromatic rings. The Bertz CT molecular complexity index is 900. The van der Waals surface area contributed by atoms with Crippen molar-refractivity contribution in [3.05, 3.63) is 63.2 Å². The molecule has 7 nitrogen and oxygen atoms in total. The van der Waals surface area contributed by atoms with Crippen molar-refractivity contribution in [2.75, 3.05) is 13.4 Å². The first-order valence-corrected chi connectivity index (χ1v) is 9.64. The number of hydrogen-bond acceptors (Lipinski definition) is 5. The molecule has 146 valence electrons. The Morgan fingerprint density at radius 2 is 2.00 bits per heavy atom. The van der Waals surface area contributed by atoms with Gasteiger partial charge in [-0.1, -0.05) is 18.2 Å². The van der Waals surface area contributed by atoms with Crippen molar-refractivity contribution in [3.63, 3.8) is 0 Å². The molecule has 2 amide bonds. The van der Waals surface area contributed by atoms with Gasteiger partial charge in [-0.2, -0.15) is 0 Å². The van der Waals surface area contributed by atoms with Gasteiger partial charge < -0.3 is 25.2 Å². The van der Waals surface area contributed by atoms with Crippen LogP contribution in [-0.4, -0.2) is 36.4 Å². The first-order chi connectivity index (χ1) is 13.5. The summed E-state index contributed by atoms with van der Waals surface area (Å²) in [6.07, 6.45) is 2.89. The third kappa shape index (κ3) is 5.46. The van der Waals surface area contributed by atoms with Crippen molar-refractivity contribution in [3.8, 4) is 11.5 Å². The summed E-state index contributed by atoms with van der Waals surface area (Å²) in [6.45, 7) is -0.00471. The molecule has 0 radical (unpaired) electrons. The second-order valence-corrected chi connectivity index (χ2v) is 7.28. The molecule has 1 aliphatic rings. The van der Waals surface area contributed by atoms with Crippen LogP contribution in [0.2, 0.25) is 0 Å². The average molecular weight is 494 g/mol. The van der Waals surface area contributed by atoms with Crippen LogP contribution in [-0.2, 0) is 16.1 Å². The van der Waals surface area contributed by atoms with Gasteiger partial charge in [-0.15, -0.1) is 0 Å². The molecule has 0 aromatic heterocycles. The number of hydrogen-bond donors (Lipinski definition) is 3. The molecule has 0 fully saturated rings. The standard InChI is InChI=1S/C20H19IN2O5/c21-15-3-1-2-14(8-15)10-22-20(26)16(11-24)23-19(25)7-5-13-4-6-17-18(9-13)28-12-27-17/h1-9,16,24H,10-12H2,(H,22,26)(H,23,25). The van der Waals surface area contributed by atoms with Gasteiger partial charge in [0.05, 0.1) is 6.61 Å². The van der Waals surface area contributed by atoms with Gasteiger partial charge in [-0.25, -0.2) is 0 Å². The molecule has 28 heavy (non-hydrogen) atoms. The van der Waals surface area contributed by atoms with Crippen LogP contribution in [0.25, 0.3) is 6.08 Å². The number of carbonyl (C=O) groups is 2. The SMILES string of the molecule is O=C(C=Cc1ccc2c(c1)OCO2)NC(CO)C(=O)NCc1cccc(I)c1. The van der Waals surface area contributed by atoms with Gasteiger partial charge in [0.2, 0.25) is 18.6 Å². The summed E-state index contributed by atoms with van der Waals surface area (Å²) in [6, 6.07) is 12.0. The molecule has 0 bridgehead atoms. The van der Waals surface area contributed by atoms with E-state index in [2.05, 4.69) is 33.2 Å². The van der Waals surface area contributed by atoms with E-state index in [1.807, 2.05) is 24.3 Å². The number of nitrogens with one attached hydrogen (secondary N) is 2. The summed E-state index contributed by atoms with van der Waals surface area (Å²) in [4.78, 5) is 24.3. The minimum Gasteiger partial charge on any atom is -0.454 e. The molecule has 8 heteroatoms. The number of carbonyl (C=O) groups excluding carboxylic acids is 2. The predicted molar refractivity (Wildman–Crippen MR) is 112 cm³/mol. The first kappa shape index (κ1) is 20.2. The van der Waals surface area contributed by atoms with E-state index >= 15 is 0 Å². The molecular formula is C20H19IN2O5. The molecule has 1 atom stereocenters. The zero-order valence-electron chi connectivity index (χ0n) is 14.9. The van der Waals surface area contributed by atoms with Gasteiger partial charge in [0, 0.05) is 16.2 Å². The van der Waals surface area contributed by atoms with Crippen LogP contribution in [0.3, 0.4) is 0 Å². The zero-order valence-corrected chi connectivity index (χ0v) is 17.0. The van der Waals surface area contributed by atoms with Gasteiger partial charge >= 0.3 is 0 Å². The molecule has 0 spiro atoms. The fourth-order valence-corrected chi connectivity index (χ4v) is 3.17. The quantitative estimate of drug-likeness (QED) is 0.403. The lowest BCUT2D eigenvalue weighted by Crippen LogP contribution is -2.48. The highest BCUT2D eigenvalue weighted by Crippen LogP contribution is 2.32. The summed E-state index contributed by atoms with van der Waals surface area (Å²) < 4.78 is 11.6. The van der Waals surface area contributed by atoms with E-state index in [-0.39, 0.29) is 6.79 Å². The normalized spacial score (nSPS) is 13.4. The average Bonchev–Trinajstić information content (AvgIpc) is 3.16. The van der Waals surface area contributed by atoms with E-state index in [0.29, 0.717) is 18.0 Å². The lowest BCUT2D eigenvalue weighted by atomic mass is 10.2. The van der Waals surface area contributed by atoms with E-state index in [9.17, 15) is 14.7 Å². The summed E-state index contributed by atoms with van der Waals surface area (Å²) in [5.41, 5.74) is 1.69. The lowest BCUT2D eigenvalue weighted by molar-refractivity contribution is -0.128. The molecule has 0 saturated heterocycles. The van der Waals surface area contributed by atoms with Crippen molar-refractivity contribution >= 4 is 40.5 Å². The molecule has 1 unspecified atom stereocenters. The lowest BCUT2D eigenvalue weighted by Gasteiger charge is -2.15. The van der Waals surface area contributed by atoms with E-state index in [1.54, 1.807) is 24.3 Å². The summed E-state index contributed by atoms with van der Waals surface area (Å²) in [5, 5.41) is 14.7. The Morgan fingerprint density at radius 3 is 2.79 bits per heavy atom. The van der Waals surface area contributed by atoms with E-state index in [1.165, 1.54) is 6.08 Å². The molecular weight excluding hydrogens is 475 g/mol. The maximum absolute atomic E-state index is 12.2. The van der Waals surface area contributed by atoms with Crippen LogP contribution in [0.4, 0.5) is 0 Å². The van der Waals surface area contributed by atoms with Crippen molar-refractivity contribution < 1.29 is 24.2 Å². The highest BCUT2D eigenvalue weighted by Gasteiger charge is 2.18. The largest absolute Gasteiger partial charge is 0.454 e. The Kier molecular flexibility index (Phi) is 6.88. The molecule has 0 saturated carbocycles. The monoisotopic (exact) mass is 494 g/mol. The van der Waals surface area contributed by atoms with Crippen LogP contribution >= 0.6 is 22.6 Å². The maximum atomic E-state index is 12.2. The van der Waals surface area contributed by atoms with Crippen LogP contribution < -0.4 is 20.1 Å². The van der Waals surface area contributed by atoms with Crippen LogP contribution in [0.5, 0.6) is 11.5 Å². The maximum Gasteiger partial charge on any atom is 0.245 e. The number of amides is 2. The Hall–Kier alpha value is -2.59. The Labute approximate surface area is 175 Å². The number of aliphatic hydroxyl groups excluding tert-OH is 1. The predicted octanol–water partition coefficient (Wildman–Crippen LogP) is 1.83. The minimum atomic E-state index is -1.03. The smallest absolute Gasteiger partial charge is 0.245 e. The van der Waals surface area contributed by atoms with E-state index in [4.69, 9.17) is 9.47 Å². The number of fused-ring (bicyclic) bond motifs is 1. The number of halogens is 1. The second-order valence-electron chi connectivity index (χ2n) is 6.04. The van der Waals surface area contributed by atoms with Crippen molar-refractivity contribution in [2.24, 2.45) is 0 Å². The number of benzene rings is 2. The van der Waals surface area contributed by atoms with E-state index in [0.717, 1.165) is 14.7 Å². The van der Waals surface area contributed by atoms with Crippen molar-refractivity contribution in [2.45, 2.75) is 12.6 Å². The van der Waals surface area contributed by atoms with E-state index < -0.39 is 24.5 Å². The Morgan fingerprint density at radius 1 is 1.18 bits per heavy atom. The third-order valence-corrected chi connectivity index (χ3v) is 4.67. The fraction of sp³-hybridized carbons (Fsp3) is 0.200. The third-order valence-electron chi connectivity index (χ3n) is 4.00. The molecule has 0 aliphatic carbocycles. The number of ether oxygens (including phenoxy) is 2. The highest BCUT2D eigenvalue weighted by molar-refractivity contribution is 14.1. The topological polar surface area (TPSA) is 96.9 Å². The van der Waals surface area contributed by atoms with Crippen molar-refractivity contribution in [1.29, 1.82) is 0 Å². The molecule has 3 rings (SSSR count). The van der Waals surface area contributed by atoms with Crippen LogP contribution in [0.15, 0.2) is 48.5 Å². The fourth-order valence-electron chi connectivity index (χ4n) is 2.56. The van der Waals surface area contributed by atoms with Gasteiger partial charge in [0.1, 0.15) is 6.04 Å². The molecule has 1 heterocycles. The first-order valence-electron chi connectivity index (χ1n) is 8.56. The molecule has 1 aliphatic heterocycles. The second kappa shape index (κ2) is 9.56. The highest BCUT2D eigenvalue weighted by atomic mass is 127. The Balaban J connectivity index is 1.52. The zero-order chi connectivity index (χ0) is 19.9. The van der Waals surface area contributed by atoms with Crippen LogP contribution in [0, 0.1) is 3.57 Å². The number of rotatable bonds is 7. The van der Waals surface area contributed by atoms with Crippen LogP contribution in [0.1, 0.15) is 11.1 Å². The molecule has 3 N–H and O–H groups in total. The summed E-state index contributed by atoms with van der Waals surface area (Å²) in [7, 11) is 0. The van der Waals surface area contributed by atoms with Gasteiger partial charge in [-0.3, -0.25) is 9.59 Å². The number of aliphatic hydroxyl groups is 1. The van der Waals surface area contributed by atoms with Gasteiger partial charge in [0.15, 0.2) is 11.5 Å². The summed E-state index contributed by atoms with van der Waals surface area (Å²) >= 11 is 2.19. The molecule has 2 aromatic carbocycles. The minimum absolute atomic E-state index is 0.179. The summed E-state index contributed by atoms with van der Waals surface area (Å²) in [5.74, 6) is 0.338. The van der Waals surface area contributed by atoms with Gasteiger partial charge in [-0.05, 0) is 64.1 Å². The van der Waals surface area contributed by atoms with Crippen molar-refractivity contribution in [1.82, 2.24) is 10.6 Å². The van der Waals surface area contributed by atoms with Gasteiger partial charge in [0.25, 0.3) is 0 Å².